The smallest absolute Gasteiger partial charge is 0.235 e. The van der Waals surface area contributed by atoms with E-state index in [9.17, 15) is 14.4 Å². The SMILES string of the molecule is CC(C)C(Br)C(=O)NC(C)(C#N)c1ccc(F)cc1. The van der Waals surface area contributed by atoms with Crippen LogP contribution >= 0.6 is 15.9 Å². The largest absolute Gasteiger partial charge is 0.333 e. The number of nitrogens with zero attached hydrogens (tertiary/aromatic N) is 1. The Bertz CT molecular complexity index is 495. The van der Waals surface area contributed by atoms with Crippen molar-refractivity contribution < 1.29 is 9.18 Å². The van der Waals surface area contributed by atoms with Gasteiger partial charge >= 0.3 is 0 Å². The van der Waals surface area contributed by atoms with E-state index in [1.54, 1.807) is 6.92 Å². The molecule has 0 saturated heterocycles. The highest BCUT2D eigenvalue weighted by molar-refractivity contribution is 9.10. The van der Waals surface area contributed by atoms with Crippen LogP contribution in [-0.2, 0) is 10.3 Å². The maximum Gasteiger partial charge on any atom is 0.235 e. The van der Waals surface area contributed by atoms with Gasteiger partial charge in [0.15, 0.2) is 0 Å². The number of carbonyl (C=O) groups is 1. The lowest BCUT2D eigenvalue weighted by molar-refractivity contribution is -0.122. The zero-order valence-corrected chi connectivity index (χ0v) is 12.7. The average Bonchev–Trinajstić information content (AvgIpc) is 2.38. The highest BCUT2D eigenvalue weighted by Crippen LogP contribution is 2.22. The molecule has 1 aromatic rings. The third-order valence-corrected chi connectivity index (χ3v) is 4.33. The number of nitrogens with one attached hydrogen (secondary N) is 1. The Labute approximate surface area is 120 Å². The minimum absolute atomic E-state index is 0.108. The van der Waals surface area contributed by atoms with Gasteiger partial charge in [-0.15, -0.1) is 0 Å². The maximum atomic E-state index is 12.9. The van der Waals surface area contributed by atoms with Crippen LogP contribution < -0.4 is 5.32 Å². The zero-order chi connectivity index (χ0) is 14.6. The first-order valence-corrected chi connectivity index (χ1v) is 6.85. The van der Waals surface area contributed by atoms with Crippen molar-refractivity contribution >= 4 is 21.8 Å². The van der Waals surface area contributed by atoms with Crippen molar-refractivity contribution in [3.63, 3.8) is 0 Å². The van der Waals surface area contributed by atoms with Crippen molar-refractivity contribution in [1.82, 2.24) is 5.32 Å². The molecule has 2 atom stereocenters. The lowest BCUT2D eigenvalue weighted by Gasteiger charge is -2.26. The summed E-state index contributed by atoms with van der Waals surface area (Å²) in [6, 6.07) is 7.60. The third kappa shape index (κ3) is 3.77. The molecule has 5 heteroatoms. The lowest BCUT2D eigenvalue weighted by atomic mass is 9.93. The number of hydrogen-bond donors (Lipinski definition) is 1. The summed E-state index contributed by atoms with van der Waals surface area (Å²) in [5.74, 6) is -0.532. The Balaban J connectivity index is 2.96. The summed E-state index contributed by atoms with van der Waals surface area (Å²) in [6.07, 6.45) is 0. The Hall–Kier alpha value is -1.41. The Kier molecular flexibility index (Phi) is 5.07. The average molecular weight is 327 g/mol. The van der Waals surface area contributed by atoms with E-state index in [4.69, 9.17) is 0 Å². The third-order valence-electron chi connectivity index (χ3n) is 2.85. The first kappa shape index (κ1) is 15.6. The van der Waals surface area contributed by atoms with Crippen LogP contribution in [0.3, 0.4) is 0 Å². The molecule has 1 amide bonds. The van der Waals surface area contributed by atoms with Crippen molar-refractivity contribution in [3.05, 3.63) is 35.6 Å². The normalized spacial score (nSPS) is 15.4. The molecule has 0 heterocycles. The number of nitriles is 1. The molecule has 1 aromatic carbocycles. The summed E-state index contributed by atoms with van der Waals surface area (Å²) in [5, 5.41) is 12.0. The van der Waals surface area contributed by atoms with Crippen LogP contribution in [0, 0.1) is 23.1 Å². The van der Waals surface area contributed by atoms with Crippen LogP contribution in [0.1, 0.15) is 26.3 Å². The molecule has 0 aliphatic rings. The van der Waals surface area contributed by atoms with Crippen molar-refractivity contribution in [2.75, 3.05) is 0 Å². The monoisotopic (exact) mass is 326 g/mol. The second kappa shape index (κ2) is 6.16. The molecular weight excluding hydrogens is 311 g/mol. The van der Waals surface area contributed by atoms with Crippen LogP contribution in [0.5, 0.6) is 0 Å². The zero-order valence-electron chi connectivity index (χ0n) is 11.1. The number of hydrogen-bond acceptors (Lipinski definition) is 2. The van der Waals surface area contributed by atoms with E-state index in [1.165, 1.54) is 24.3 Å². The van der Waals surface area contributed by atoms with E-state index in [0.717, 1.165) is 0 Å². The second-order valence-electron chi connectivity index (χ2n) is 4.88. The highest BCUT2D eigenvalue weighted by atomic mass is 79.9. The molecule has 0 fully saturated rings. The fraction of sp³-hybridized carbons (Fsp3) is 0.429. The molecule has 0 bridgehead atoms. The second-order valence-corrected chi connectivity index (χ2v) is 5.87. The molecule has 0 radical (unpaired) electrons. The van der Waals surface area contributed by atoms with Crippen molar-refractivity contribution in [2.45, 2.75) is 31.1 Å². The molecule has 0 aliphatic carbocycles. The van der Waals surface area contributed by atoms with Gasteiger partial charge in [-0.2, -0.15) is 5.26 Å². The van der Waals surface area contributed by atoms with Crippen LogP contribution in [0.2, 0.25) is 0 Å². The maximum absolute atomic E-state index is 12.9. The summed E-state index contributed by atoms with van der Waals surface area (Å²) in [4.78, 5) is 11.6. The molecular formula is C14H16BrFN2O. The molecule has 1 N–H and O–H groups in total. The van der Waals surface area contributed by atoms with Crippen molar-refractivity contribution in [1.29, 1.82) is 5.26 Å². The number of halogens is 2. The van der Waals surface area contributed by atoms with Crippen LogP contribution in [0.25, 0.3) is 0 Å². The Morgan fingerprint density at radius 1 is 1.42 bits per heavy atom. The minimum atomic E-state index is -1.17. The summed E-state index contributed by atoms with van der Waals surface area (Å²) in [6.45, 7) is 5.40. The van der Waals surface area contributed by atoms with Crippen molar-refractivity contribution in [2.24, 2.45) is 5.92 Å². The van der Waals surface area contributed by atoms with Crippen LogP contribution in [0.15, 0.2) is 24.3 Å². The lowest BCUT2D eigenvalue weighted by Crippen LogP contribution is -2.46. The topological polar surface area (TPSA) is 52.9 Å². The van der Waals surface area contributed by atoms with Gasteiger partial charge in [-0.25, -0.2) is 4.39 Å². The Morgan fingerprint density at radius 2 is 1.95 bits per heavy atom. The van der Waals surface area contributed by atoms with E-state index in [2.05, 4.69) is 27.3 Å². The number of benzene rings is 1. The molecule has 1 rings (SSSR count). The molecule has 102 valence electrons. The summed E-state index contributed by atoms with van der Waals surface area (Å²) < 4.78 is 12.9. The fourth-order valence-electron chi connectivity index (χ4n) is 1.57. The van der Waals surface area contributed by atoms with Gasteiger partial charge in [-0.1, -0.05) is 41.9 Å². The summed E-state index contributed by atoms with van der Waals surface area (Å²) in [7, 11) is 0. The van der Waals surface area contributed by atoms with E-state index in [1.807, 2.05) is 13.8 Å². The van der Waals surface area contributed by atoms with E-state index in [0.29, 0.717) is 5.56 Å². The molecule has 0 spiro atoms. The number of alkyl halides is 1. The molecule has 0 saturated carbocycles. The van der Waals surface area contributed by atoms with Gasteiger partial charge in [0.25, 0.3) is 0 Å². The molecule has 2 unspecified atom stereocenters. The van der Waals surface area contributed by atoms with E-state index in [-0.39, 0.29) is 22.5 Å². The Morgan fingerprint density at radius 3 is 2.37 bits per heavy atom. The standard InChI is InChI=1S/C14H16BrFN2O/c1-9(2)12(15)13(19)18-14(3,8-17)10-4-6-11(16)7-5-10/h4-7,9,12H,1-3H3,(H,18,19). The molecule has 0 aromatic heterocycles. The minimum Gasteiger partial charge on any atom is -0.333 e. The van der Waals surface area contributed by atoms with Gasteiger partial charge in [0.05, 0.1) is 10.9 Å². The molecule has 19 heavy (non-hydrogen) atoms. The molecule has 3 nitrogen and oxygen atoms in total. The van der Waals surface area contributed by atoms with E-state index < -0.39 is 5.54 Å². The number of amides is 1. The van der Waals surface area contributed by atoms with E-state index >= 15 is 0 Å². The van der Waals surface area contributed by atoms with Gasteiger partial charge in [0.2, 0.25) is 5.91 Å². The van der Waals surface area contributed by atoms with Gasteiger partial charge in [0.1, 0.15) is 11.4 Å². The summed E-state index contributed by atoms with van der Waals surface area (Å²) >= 11 is 3.29. The van der Waals surface area contributed by atoms with Crippen molar-refractivity contribution in [3.8, 4) is 6.07 Å². The number of rotatable bonds is 4. The summed E-state index contributed by atoms with van der Waals surface area (Å²) in [5.41, 5.74) is -0.626. The first-order chi connectivity index (χ1) is 8.80. The fourth-order valence-corrected chi connectivity index (χ4v) is 1.68. The van der Waals surface area contributed by atoms with Crippen LogP contribution in [-0.4, -0.2) is 10.7 Å². The number of carbonyl (C=O) groups excluding carboxylic acids is 1. The van der Waals surface area contributed by atoms with Gasteiger partial charge in [-0.05, 0) is 30.5 Å². The van der Waals surface area contributed by atoms with Crippen LogP contribution in [0.4, 0.5) is 4.39 Å². The predicted molar refractivity (Wildman–Crippen MR) is 75.1 cm³/mol. The predicted octanol–water partition coefficient (Wildman–Crippen LogP) is 3.10. The first-order valence-electron chi connectivity index (χ1n) is 5.93. The van der Waals surface area contributed by atoms with Gasteiger partial charge < -0.3 is 5.32 Å². The van der Waals surface area contributed by atoms with Gasteiger partial charge in [-0.3, -0.25) is 4.79 Å². The highest BCUT2D eigenvalue weighted by Gasteiger charge is 2.31. The molecule has 0 aliphatic heterocycles. The van der Waals surface area contributed by atoms with Gasteiger partial charge in [0, 0.05) is 0 Å². The quantitative estimate of drug-likeness (QED) is 0.864.